The third-order valence-electron chi connectivity index (χ3n) is 4.02. The maximum absolute atomic E-state index is 12.9. The van der Waals surface area contributed by atoms with Crippen molar-refractivity contribution in [2.45, 2.75) is 31.2 Å². The average molecular weight is 370 g/mol. The minimum absolute atomic E-state index is 0.0764. The van der Waals surface area contributed by atoms with E-state index in [0.29, 0.717) is 25.2 Å². The van der Waals surface area contributed by atoms with Crippen molar-refractivity contribution >= 4 is 21.9 Å². The first-order valence-corrected chi connectivity index (χ1v) is 9.46. The molecular weight excluding hydrogens is 348 g/mol. The fraction of sp³-hybridized carbons (Fsp3) is 0.500. The number of carboxylic acid groups (broad SMARTS) is 1. The Morgan fingerprint density at radius 2 is 1.96 bits per heavy atom. The number of hydrogen-bond acceptors (Lipinski definition) is 5. The standard InChI is InChI=1S/C16H22N2O6S/c1-3-12-4-5-13(15(19)17-11(2)16(20)21)10-14(12)25(22,23)18-6-8-24-9-7-18/h4-5,10-11H,3,6-9H2,1-2H3,(H,17,19)(H,20,21)/t11-/m1/s1. The van der Waals surface area contributed by atoms with Crippen molar-refractivity contribution in [2.75, 3.05) is 26.3 Å². The predicted molar refractivity (Wildman–Crippen MR) is 90.0 cm³/mol. The lowest BCUT2D eigenvalue weighted by Gasteiger charge is -2.27. The van der Waals surface area contributed by atoms with Crippen LogP contribution in [0, 0.1) is 0 Å². The molecule has 1 heterocycles. The van der Waals surface area contributed by atoms with Crippen molar-refractivity contribution < 1.29 is 27.9 Å². The Labute approximate surface area is 146 Å². The third-order valence-corrected chi connectivity index (χ3v) is 6.00. The quantitative estimate of drug-likeness (QED) is 0.753. The summed E-state index contributed by atoms with van der Waals surface area (Å²) >= 11 is 0. The van der Waals surface area contributed by atoms with Gasteiger partial charge in [0.05, 0.1) is 18.1 Å². The van der Waals surface area contributed by atoms with E-state index in [9.17, 15) is 18.0 Å². The molecule has 2 rings (SSSR count). The fourth-order valence-corrected chi connectivity index (χ4v) is 4.22. The van der Waals surface area contributed by atoms with E-state index in [0.717, 1.165) is 0 Å². The Hall–Kier alpha value is -1.97. The van der Waals surface area contributed by atoms with Crippen molar-refractivity contribution in [1.29, 1.82) is 0 Å². The van der Waals surface area contributed by atoms with E-state index < -0.39 is 27.9 Å². The van der Waals surface area contributed by atoms with Gasteiger partial charge in [-0.1, -0.05) is 13.0 Å². The van der Waals surface area contributed by atoms with Crippen molar-refractivity contribution in [3.05, 3.63) is 29.3 Å². The predicted octanol–water partition coefficient (Wildman–Crippen LogP) is 0.473. The number of benzene rings is 1. The summed E-state index contributed by atoms with van der Waals surface area (Å²) in [6.45, 7) is 4.36. The lowest BCUT2D eigenvalue weighted by molar-refractivity contribution is -0.138. The Morgan fingerprint density at radius 1 is 1.32 bits per heavy atom. The summed E-state index contributed by atoms with van der Waals surface area (Å²) in [5, 5.41) is 11.2. The highest BCUT2D eigenvalue weighted by molar-refractivity contribution is 7.89. The molecule has 1 aliphatic heterocycles. The summed E-state index contributed by atoms with van der Waals surface area (Å²) in [6, 6.07) is 3.33. The minimum Gasteiger partial charge on any atom is -0.480 e. The van der Waals surface area contributed by atoms with Gasteiger partial charge < -0.3 is 15.2 Å². The number of nitrogens with one attached hydrogen (secondary N) is 1. The molecule has 0 radical (unpaired) electrons. The number of aryl methyl sites for hydroxylation is 1. The van der Waals surface area contributed by atoms with E-state index in [1.54, 1.807) is 6.07 Å². The molecule has 0 unspecified atom stereocenters. The molecule has 0 spiro atoms. The highest BCUT2D eigenvalue weighted by atomic mass is 32.2. The number of morpholine rings is 1. The molecule has 1 amide bonds. The molecule has 0 bridgehead atoms. The number of nitrogens with zero attached hydrogens (tertiary/aromatic N) is 1. The lowest BCUT2D eigenvalue weighted by atomic mass is 10.1. The summed E-state index contributed by atoms with van der Waals surface area (Å²) < 4.78 is 32.4. The molecule has 2 N–H and O–H groups in total. The van der Waals surface area contributed by atoms with E-state index in [1.165, 1.54) is 23.4 Å². The first-order chi connectivity index (χ1) is 11.8. The van der Waals surface area contributed by atoms with Gasteiger partial charge in [0, 0.05) is 18.7 Å². The average Bonchev–Trinajstić information content (AvgIpc) is 2.61. The maximum Gasteiger partial charge on any atom is 0.325 e. The van der Waals surface area contributed by atoms with E-state index in [-0.39, 0.29) is 23.5 Å². The second-order valence-corrected chi connectivity index (χ2v) is 7.63. The molecule has 0 aromatic heterocycles. The van der Waals surface area contributed by atoms with E-state index in [2.05, 4.69) is 5.32 Å². The van der Waals surface area contributed by atoms with Crippen molar-refractivity contribution in [3.63, 3.8) is 0 Å². The third kappa shape index (κ3) is 4.36. The molecular formula is C16H22N2O6S. The first-order valence-electron chi connectivity index (χ1n) is 8.02. The second kappa shape index (κ2) is 7.94. The highest BCUT2D eigenvalue weighted by Gasteiger charge is 2.29. The summed E-state index contributed by atoms with van der Waals surface area (Å²) in [6.07, 6.45) is 0.492. The van der Waals surface area contributed by atoms with Gasteiger partial charge in [0.1, 0.15) is 6.04 Å². The van der Waals surface area contributed by atoms with E-state index >= 15 is 0 Å². The Morgan fingerprint density at radius 3 is 2.52 bits per heavy atom. The van der Waals surface area contributed by atoms with Crippen LogP contribution in [0.15, 0.2) is 23.1 Å². The zero-order valence-corrected chi connectivity index (χ0v) is 15.0. The first kappa shape index (κ1) is 19.4. The summed E-state index contributed by atoms with van der Waals surface area (Å²) in [5.41, 5.74) is 0.714. The van der Waals surface area contributed by atoms with Crippen molar-refractivity contribution in [3.8, 4) is 0 Å². The Bertz CT molecular complexity index is 756. The monoisotopic (exact) mass is 370 g/mol. The van der Waals surface area contributed by atoms with Crippen LogP contribution in [0.25, 0.3) is 0 Å². The van der Waals surface area contributed by atoms with Gasteiger partial charge >= 0.3 is 5.97 Å². The van der Waals surface area contributed by atoms with Crippen LogP contribution in [-0.2, 0) is 26.0 Å². The van der Waals surface area contributed by atoms with Gasteiger partial charge in [0.2, 0.25) is 10.0 Å². The van der Waals surface area contributed by atoms with Gasteiger partial charge in [-0.25, -0.2) is 8.42 Å². The van der Waals surface area contributed by atoms with Gasteiger partial charge in [-0.3, -0.25) is 9.59 Å². The molecule has 1 aliphatic rings. The van der Waals surface area contributed by atoms with Crippen LogP contribution in [0.3, 0.4) is 0 Å². The van der Waals surface area contributed by atoms with Gasteiger partial charge in [-0.2, -0.15) is 4.31 Å². The van der Waals surface area contributed by atoms with E-state index in [4.69, 9.17) is 9.84 Å². The number of ether oxygens (including phenoxy) is 1. The van der Waals surface area contributed by atoms with Gasteiger partial charge in [0.15, 0.2) is 0 Å². The highest BCUT2D eigenvalue weighted by Crippen LogP contribution is 2.23. The van der Waals surface area contributed by atoms with Crippen LogP contribution in [0.1, 0.15) is 29.8 Å². The summed E-state index contributed by atoms with van der Waals surface area (Å²) in [7, 11) is -3.75. The zero-order chi connectivity index (χ0) is 18.6. The molecule has 8 nitrogen and oxygen atoms in total. The number of rotatable bonds is 6. The van der Waals surface area contributed by atoms with E-state index in [1.807, 2.05) is 6.92 Å². The fourth-order valence-electron chi connectivity index (χ4n) is 2.50. The van der Waals surface area contributed by atoms with Crippen LogP contribution in [0.4, 0.5) is 0 Å². The van der Waals surface area contributed by atoms with Crippen LogP contribution >= 0.6 is 0 Å². The van der Waals surface area contributed by atoms with Gasteiger partial charge in [-0.15, -0.1) is 0 Å². The topological polar surface area (TPSA) is 113 Å². The second-order valence-electron chi connectivity index (χ2n) is 5.73. The Kier molecular flexibility index (Phi) is 6.15. The van der Waals surface area contributed by atoms with Crippen LogP contribution in [0.2, 0.25) is 0 Å². The molecule has 1 atom stereocenters. The number of aliphatic carboxylic acids is 1. The summed E-state index contributed by atoms with van der Waals surface area (Å²) in [5.74, 6) is -1.80. The van der Waals surface area contributed by atoms with Crippen LogP contribution < -0.4 is 5.32 Å². The summed E-state index contributed by atoms with van der Waals surface area (Å²) in [4.78, 5) is 23.2. The smallest absolute Gasteiger partial charge is 0.325 e. The van der Waals surface area contributed by atoms with Crippen molar-refractivity contribution in [1.82, 2.24) is 9.62 Å². The molecule has 1 aromatic carbocycles. The van der Waals surface area contributed by atoms with Crippen molar-refractivity contribution in [2.24, 2.45) is 0 Å². The molecule has 0 aliphatic carbocycles. The lowest BCUT2D eigenvalue weighted by Crippen LogP contribution is -2.41. The molecule has 9 heteroatoms. The maximum atomic E-state index is 12.9. The number of sulfonamides is 1. The number of hydrogen-bond donors (Lipinski definition) is 2. The minimum atomic E-state index is -3.75. The molecule has 138 valence electrons. The molecule has 25 heavy (non-hydrogen) atoms. The van der Waals surface area contributed by atoms with Crippen LogP contribution in [-0.4, -0.2) is 62.1 Å². The van der Waals surface area contributed by atoms with Gasteiger partial charge in [0.25, 0.3) is 5.91 Å². The Balaban J connectivity index is 2.36. The normalized spacial score (nSPS) is 17.0. The number of amides is 1. The largest absolute Gasteiger partial charge is 0.480 e. The van der Waals surface area contributed by atoms with Gasteiger partial charge in [-0.05, 0) is 31.0 Å². The molecule has 1 aromatic rings. The number of carboxylic acids is 1. The zero-order valence-electron chi connectivity index (χ0n) is 14.2. The number of carbonyl (C=O) groups is 2. The SMILES string of the molecule is CCc1ccc(C(=O)N[C@H](C)C(=O)O)cc1S(=O)(=O)N1CCOCC1. The van der Waals surface area contributed by atoms with Crippen LogP contribution in [0.5, 0.6) is 0 Å². The molecule has 0 saturated carbocycles. The molecule has 1 saturated heterocycles. The molecule has 1 fully saturated rings. The number of carbonyl (C=O) groups excluding carboxylic acids is 1.